The molecule has 210 valence electrons. The normalized spacial score (nSPS) is 18.1. The summed E-state index contributed by atoms with van der Waals surface area (Å²) < 4.78 is 29.7. The number of aromatic nitrogens is 2. The number of fused-ring (bicyclic) bond motifs is 3. The number of halogens is 3. The molecule has 41 heavy (non-hydrogen) atoms. The van der Waals surface area contributed by atoms with Crippen LogP contribution in [-0.4, -0.2) is 53.0 Å². The monoisotopic (exact) mass is 574 g/mol. The summed E-state index contributed by atoms with van der Waals surface area (Å²) in [4.78, 5) is 25.8. The lowest BCUT2D eigenvalue weighted by atomic mass is 10.0. The lowest BCUT2D eigenvalue weighted by Gasteiger charge is -2.26. The number of nitrogens with one attached hydrogen (secondary N) is 2. The van der Waals surface area contributed by atoms with Crippen molar-refractivity contribution in [1.29, 1.82) is 0 Å². The van der Waals surface area contributed by atoms with Gasteiger partial charge in [0.2, 0.25) is 5.95 Å². The fraction of sp³-hybridized carbons (Fsp3) is 0.258. The lowest BCUT2D eigenvalue weighted by molar-refractivity contribution is 0.0782. The van der Waals surface area contributed by atoms with Crippen molar-refractivity contribution < 1.29 is 13.6 Å². The number of para-hydroxylation sites is 1. The third-order valence-corrected chi connectivity index (χ3v) is 8.17. The van der Waals surface area contributed by atoms with Crippen molar-refractivity contribution in [2.75, 3.05) is 36.9 Å². The van der Waals surface area contributed by atoms with E-state index in [-0.39, 0.29) is 17.1 Å². The molecule has 3 aromatic carbocycles. The molecule has 1 amide bonds. The van der Waals surface area contributed by atoms with Crippen LogP contribution in [-0.2, 0) is 6.42 Å². The largest absolute Gasteiger partial charge is 0.337 e. The van der Waals surface area contributed by atoms with Crippen LogP contribution in [0.5, 0.6) is 0 Å². The summed E-state index contributed by atoms with van der Waals surface area (Å²) in [6.07, 6.45) is 3.11. The van der Waals surface area contributed by atoms with Crippen LogP contribution in [0.3, 0.4) is 0 Å². The van der Waals surface area contributed by atoms with E-state index in [4.69, 9.17) is 16.6 Å². The highest BCUT2D eigenvalue weighted by Crippen LogP contribution is 2.42. The third-order valence-electron chi connectivity index (χ3n) is 7.93. The van der Waals surface area contributed by atoms with Crippen molar-refractivity contribution in [3.05, 3.63) is 94.6 Å². The first kappa shape index (κ1) is 27.1. The van der Waals surface area contributed by atoms with Crippen LogP contribution in [0.4, 0.5) is 31.8 Å². The average molecular weight is 575 g/mol. The molecule has 1 saturated heterocycles. The number of rotatable bonds is 5. The van der Waals surface area contributed by atoms with Gasteiger partial charge in [-0.1, -0.05) is 17.7 Å². The molecular formula is C31H29ClF2N6O. The average Bonchev–Trinajstić information content (AvgIpc) is 3.30. The number of hydrogen-bond acceptors (Lipinski definition) is 6. The highest BCUT2D eigenvalue weighted by molar-refractivity contribution is 6.31. The molecule has 4 aromatic rings. The number of amides is 1. The first-order valence-corrected chi connectivity index (χ1v) is 13.9. The first-order chi connectivity index (χ1) is 19.7. The van der Waals surface area contributed by atoms with E-state index in [1.807, 2.05) is 30.1 Å². The Labute approximate surface area is 242 Å². The number of nitrogens with zero attached hydrogens (tertiary/aromatic N) is 4. The van der Waals surface area contributed by atoms with Crippen molar-refractivity contribution in [3.8, 4) is 11.3 Å². The summed E-state index contributed by atoms with van der Waals surface area (Å²) in [5.74, 6) is -0.947. The van der Waals surface area contributed by atoms with Gasteiger partial charge in [-0.25, -0.2) is 18.7 Å². The minimum absolute atomic E-state index is 0.00270. The van der Waals surface area contributed by atoms with Gasteiger partial charge >= 0.3 is 0 Å². The maximum absolute atomic E-state index is 14.8. The van der Waals surface area contributed by atoms with E-state index in [9.17, 15) is 13.6 Å². The molecule has 1 aromatic heterocycles. The summed E-state index contributed by atoms with van der Waals surface area (Å²) in [6, 6.07) is 16.3. The molecule has 1 unspecified atom stereocenters. The summed E-state index contributed by atoms with van der Waals surface area (Å²) in [5.41, 5.74) is 3.89. The Morgan fingerprint density at radius 1 is 1.05 bits per heavy atom. The van der Waals surface area contributed by atoms with E-state index >= 15 is 0 Å². The molecule has 2 aliphatic heterocycles. The van der Waals surface area contributed by atoms with Crippen LogP contribution in [0.15, 0.2) is 66.9 Å². The van der Waals surface area contributed by atoms with Crippen LogP contribution in [0.1, 0.15) is 29.3 Å². The second kappa shape index (κ2) is 10.7. The number of likely N-dealkylation sites (N-methyl/N-ethyl adjacent to an activating group) is 1. The first-order valence-electron chi connectivity index (χ1n) is 13.5. The maximum Gasteiger partial charge on any atom is 0.253 e. The van der Waals surface area contributed by atoms with Crippen molar-refractivity contribution in [2.24, 2.45) is 0 Å². The SMILES string of the molecule is CNC1(C)CCN(C(=O)c2ccc(Nc3ncc4c(n3)-c3ccc(Cl)cc3N(c3c(F)cccc3F)CC4)cc2)C1. The molecule has 0 radical (unpaired) electrons. The lowest BCUT2D eigenvalue weighted by Crippen LogP contribution is -2.43. The van der Waals surface area contributed by atoms with E-state index in [0.717, 1.165) is 17.7 Å². The van der Waals surface area contributed by atoms with E-state index in [1.54, 1.807) is 35.4 Å². The molecule has 3 heterocycles. The quantitative estimate of drug-likeness (QED) is 0.290. The van der Waals surface area contributed by atoms with Gasteiger partial charge in [-0.3, -0.25) is 4.79 Å². The van der Waals surface area contributed by atoms with E-state index in [2.05, 4.69) is 22.5 Å². The van der Waals surface area contributed by atoms with E-state index in [0.29, 0.717) is 59.5 Å². The molecular weight excluding hydrogens is 546 g/mol. The number of anilines is 4. The second-order valence-electron chi connectivity index (χ2n) is 10.7. The van der Waals surface area contributed by atoms with Gasteiger partial charge < -0.3 is 20.4 Å². The molecule has 1 atom stereocenters. The topological polar surface area (TPSA) is 73.4 Å². The fourth-order valence-corrected chi connectivity index (χ4v) is 5.66. The Bertz CT molecular complexity index is 1610. The summed E-state index contributed by atoms with van der Waals surface area (Å²) >= 11 is 6.34. The van der Waals surface area contributed by atoms with Crippen LogP contribution < -0.4 is 15.5 Å². The van der Waals surface area contributed by atoms with Crippen molar-refractivity contribution >= 4 is 40.5 Å². The smallest absolute Gasteiger partial charge is 0.253 e. The predicted octanol–water partition coefficient (Wildman–Crippen LogP) is 6.34. The third kappa shape index (κ3) is 5.23. The molecule has 0 saturated carbocycles. The molecule has 1 fully saturated rings. The van der Waals surface area contributed by atoms with Crippen LogP contribution in [0.25, 0.3) is 11.3 Å². The highest BCUT2D eigenvalue weighted by Gasteiger charge is 2.35. The zero-order valence-corrected chi connectivity index (χ0v) is 23.5. The van der Waals surface area contributed by atoms with Gasteiger partial charge in [0.25, 0.3) is 5.91 Å². The van der Waals surface area contributed by atoms with Crippen molar-refractivity contribution in [1.82, 2.24) is 20.2 Å². The van der Waals surface area contributed by atoms with Crippen LogP contribution >= 0.6 is 11.6 Å². The van der Waals surface area contributed by atoms with Gasteiger partial charge in [0.15, 0.2) is 0 Å². The van der Waals surface area contributed by atoms with E-state index < -0.39 is 11.6 Å². The molecule has 2 aliphatic rings. The Hall–Kier alpha value is -4.08. The number of carbonyl (C=O) groups excluding carboxylic acids is 1. The second-order valence-corrected chi connectivity index (χ2v) is 11.1. The number of benzene rings is 3. The summed E-state index contributed by atoms with van der Waals surface area (Å²) in [7, 11) is 1.92. The van der Waals surface area contributed by atoms with Crippen LogP contribution in [0, 0.1) is 11.6 Å². The van der Waals surface area contributed by atoms with Gasteiger partial charge in [0.1, 0.15) is 17.3 Å². The van der Waals surface area contributed by atoms with Gasteiger partial charge in [-0.2, -0.15) is 0 Å². The Balaban J connectivity index is 1.27. The van der Waals surface area contributed by atoms with Crippen molar-refractivity contribution in [2.45, 2.75) is 25.3 Å². The zero-order valence-electron chi connectivity index (χ0n) is 22.7. The summed E-state index contributed by atoms with van der Waals surface area (Å²) in [6.45, 7) is 3.82. The molecule has 10 heteroatoms. The van der Waals surface area contributed by atoms with Crippen LogP contribution in [0.2, 0.25) is 5.02 Å². The van der Waals surface area contributed by atoms with Crippen molar-refractivity contribution in [3.63, 3.8) is 0 Å². The number of hydrogen-bond donors (Lipinski definition) is 2. The maximum atomic E-state index is 14.8. The van der Waals surface area contributed by atoms with Gasteiger partial charge in [-0.15, -0.1) is 0 Å². The highest BCUT2D eigenvalue weighted by atomic mass is 35.5. The molecule has 0 aliphatic carbocycles. The standard InChI is InChI=1S/C31H29ClF2N6O/c1-31(35-2)13-15-39(18-31)29(41)19-6-9-22(10-7-19)37-30-36-17-20-12-14-40(28-24(33)4-3-5-25(28)34)26-16-21(32)8-11-23(26)27(20)38-30/h3-11,16-17,35H,12-15,18H2,1-2H3,(H,36,37,38). The Kier molecular flexibility index (Phi) is 7.09. The Morgan fingerprint density at radius 2 is 1.80 bits per heavy atom. The number of carbonyl (C=O) groups is 1. The minimum atomic E-state index is -0.655. The fourth-order valence-electron chi connectivity index (χ4n) is 5.49. The predicted molar refractivity (Wildman–Crippen MR) is 157 cm³/mol. The van der Waals surface area contributed by atoms with Gasteiger partial charge in [-0.05, 0) is 87.0 Å². The minimum Gasteiger partial charge on any atom is -0.337 e. The van der Waals surface area contributed by atoms with E-state index in [1.165, 1.54) is 18.2 Å². The molecule has 0 spiro atoms. The Morgan fingerprint density at radius 3 is 2.51 bits per heavy atom. The molecule has 0 bridgehead atoms. The molecule has 2 N–H and O–H groups in total. The number of likely N-dealkylation sites (tertiary alicyclic amines) is 1. The summed E-state index contributed by atoms with van der Waals surface area (Å²) in [5, 5.41) is 6.97. The van der Waals surface area contributed by atoms with Gasteiger partial charge in [0, 0.05) is 53.2 Å². The zero-order chi connectivity index (χ0) is 28.7. The molecule has 6 rings (SSSR count). The molecule has 7 nitrogen and oxygen atoms in total. The van der Waals surface area contributed by atoms with Gasteiger partial charge in [0.05, 0.1) is 11.4 Å².